The number of hydrogen-bond acceptors (Lipinski definition) is 7. The van der Waals surface area contributed by atoms with E-state index in [1.54, 1.807) is 11.0 Å². The molecule has 3 aromatic rings. The minimum Gasteiger partial charge on any atom is -0.356 e. The number of halogens is 4. The standard InChI is InChI=1S/C23H15ClF3N7O2/c24-15-5-13(1-2-16(15)25)18-19(32-11-22(12-32)9-23(26,27)10-22)33(4-3-28)21(36)34(20(18)35)17-8-30-7-14(6-29)31-17/h1-2,5,7-8H,4,9-12H2. The first-order valence-corrected chi connectivity index (χ1v) is 11.0. The van der Waals surface area contributed by atoms with Gasteiger partial charge in [-0.1, -0.05) is 17.7 Å². The van der Waals surface area contributed by atoms with Crippen LogP contribution in [0.2, 0.25) is 5.02 Å². The monoisotopic (exact) mass is 513 g/mol. The summed E-state index contributed by atoms with van der Waals surface area (Å²) in [4.78, 5) is 36.7. The summed E-state index contributed by atoms with van der Waals surface area (Å²) in [5.41, 5.74) is -2.58. The van der Waals surface area contributed by atoms with Crippen molar-refractivity contribution in [3.05, 3.63) is 68.0 Å². The van der Waals surface area contributed by atoms with Crippen molar-refractivity contribution in [3.63, 3.8) is 0 Å². The lowest BCUT2D eigenvalue weighted by atomic mass is 9.61. The van der Waals surface area contributed by atoms with Crippen LogP contribution in [0.4, 0.5) is 19.0 Å². The van der Waals surface area contributed by atoms with E-state index >= 15 is 0 Å². The highest BCUT2D eigenvalue weighted by Gasteiger charge is 2.62. The lowest BCUT2D eigenvalue weighted by Gasteiger charge is -2.59. The number of rotatable bonds is 4. The predicted molar refractivity (Wildman–Crippen MR) is 121 cm³/mol. The van der Waals surface area contributed by atoms with E-state index in [0.717, 1.165) is 23.0 Å². The molecule has 1 aliphatic carbocycles. The van der Waals surface area contributed by atoms with Crippen molar-refractivity contribution in [2.24, 2.45) is 5.41 Å². The molecule has 0 N–H and O–H groups in total. The molecule has 1 aliphatic heterocycles. The van der Waals surface area contributed by atoms with Gasteiger partial charge in [-0.05, 0) is 17.7 Å². The third-order valence-corrected chi connectivity index (χ3v) is 6.63. The largest absolute Gasteiger partial charge is 0.356 e. The lowest BCUT2D eigenvalue weighted by molar-refractivity contribution is -0.170. The van der Waals surface area contributed by atoms with Gasteiger partial charge in [0.15, 0.2) is 11.5 Å². The molecule has 13 heteroatoms. The first-order valence-electron chi connectivity index (χ1n) is 10.7. The lowest BCUT2D eigenvalue weighted by Crippen LogP contribution is -2.67. The van der Waals surface area contributed by atoms with Gasteiger partial charge in [0.1, 0.15) is 24.2 Å². The fourth-order valence-electron chi connectivity index (χ4n) is 4.99. The Morgan fingerprint density at radius 1 is 1.14 bits per heavy atom. The molecule has 1 aromatic carbocycles. The number of anilines is 1. The normalized spacial score (nSPS) is 17.1. The van der Waals surface area contributed by atoms with Crippen molar-refractivity contribution in [1.29, 1.82) is 10.5 Å². The van der Waals surface area contributed by atoms with Crippen LogP contribution in [-0.4, -0.2) is 38.1 Å². The molecule has 1 saturated carbocycles. The average molecular weight is 514 g/mol. The van der Waals surface area contributed by atoms with Crippen LogP contribution in [0.15, 0.2) is 40.2 Å². The summed E-state index contributed by atoms with van der Waals surface area (Å²) in [5, 5.41) is 18.4. The smallest absolute Gasteiger partial charge is 0.339 e. The third-order valence-electron chi connectivity index (χ3n) is 6.34. The van der Waals surface area contributed by atoms with Crippen LogP contribution in [0.1, 0.15) is 18.5 Å². The molecular formula is C23H15ClF3N7O2. The molecule has 0 unspecified atom stereocenters. The summed E-state index contributed by atoms with van der Waals surface area (Å²) in [7, 11) is 0. The van der Waals surface area contributed by atoms with Gasteiger partial charge in [0.25, 0.3) is 5.56 Å². The molecule has 2 aliphatic rings. The Morgan fingerprint density at radius 2 is 1.86 bits per heavy atom. The molecule has 36 heavy (non-hydrogen) atoms. The van der Waals surface area contributed by atoms with E-state index in [1.165, 1.54) is 12.1 Å². The van der Waals surface area contributed by atoms with E-state index in [2.05, 4.69) is 9.97 Å². The first kappa shape index (κ1) is 23.6. The van der Waals surface area contributed by atoms with E-state index in [0.29, 0.717) is 4.57 Å². The maximum Gasteiger partial charge on any atom is 0.339 e. The quantitative estimate of drug-likeness (QED) is 0.526. The van der Waals surface area contributed by atoms with Gasteiger partial charge in [0.05, 0.1) is 29.0 Å². The second kappa shape index (κ2) is 8.21. The molecule has 2 aromatic heterocycles. The summed E-state index contributed by atoms with van der Waals surface area (Å²) in [6, 6.07) is 7.19. The second-order valence-electron chi connectivity index (χ2n) is 8.93. The average Bonchev–Trinajstić information content (AvgIpc) is 2.79. The molecule has 0 amide bonds. The van der Waals surface area contributed by atoms with Crippen molar-refractivity contribution in [2.45, 2.75) is 25.3 Å². The summed E-state index contributed by atoms with van der Waals surface area (Å²) in [6.07, 6.45) is 1.62. The van der Waals surface area contributed by atoms with Crippen LogP contribution >= 0.6 is 11.6 Å². The van der Waals surface area contributed by atoms with E-state index in [1.807, 2.05) is 6.07 Å². The van der Waals surface area contributed by atoms with Crippen LogP contribution in [-0.2, 0) is 6.54 Å². The zero-order chi connectivity index (χ0) is 25.8. The number of nitrogens with zero attached hydrogens (tertiary/aromatic N) is 7. The maximum atomic E-state index is 13.9. The van der Waals surface area contributed by atoms with Crippen molar-refractivity contribution in [1.82, 2.24) is 19.1 Å². The zero-order valence-electron chi connectivity index (χ0n) is 18.4. The molecular weight excluding hydrogens is 499 g/mol. The molecule has 182 valence electrons. The van der Waals surface area contributed by atoms with Gasteiger partial charge in [-0.25, -0.2) is 27.5 Å². The Labute approximate surface area is 206 Å². The van der Waals surface area contributed by atoms with E-state index in [-0.39, 0.29) is 59.4 Å². The van der Waals surface area contributed by atoms with E-state index in [4.69, 9.17) is 11.6 Å². The Kier molecular flexibility index (Phi) is 5.38. The second-order valence-corrected chi connectivity index (χ2v) is 9.34. The van der Waals surface area contributed by atoms with Crippen LogP contribution in [0.5, 0.6) is 0 Å². The number of hydrogen-bond donors (Lipinski definition) is 0. The van der Waals surface area contributed by atoms with E-state index in [9.17, 15) is 33.3 Å². The highest BCUT2D eigenvalue weighted by Crippen LogP contribution is 2.57. The first-order chi connectivity index (χ1) is 17.1. The molecule has 2 fully saturated rings. The topological polar surface area (TPSA) is 121 Å². The third kappa shape index (κ3) is 3.71. The summed E-state index contributed by atoms with van der Waals surface area (Å²) in [6.45, 7) is -0.202. The number of nitriles is 2. The van der Waals surface area contributed by atoms with Crippen molar-refractivity contribution in [3.8, 4) is 29.1 Å². The maximum absolute atomic E-state index is 13.9. The molecule has 0 radical (unpaired) electrons. The Bertz CT molecular complexity index is 1600. The van der Waals surface area contributed by atoms with Crippen LogP contribution in [0, 0.1) is 33.9 Å². The fourth-order valence-corrected chi connectivity index (χ4v) is 5.17. The summed E-state index contributed by atoms with van der Waals surface area (Å²) >= 11 is 5.97. The van der Waals surface area contributed by atoms with Gasteiger partial charge in [0, 0.05) is 31.3 Å². The van der Waals surface area contributed by atoms with Crippen molar-refractivity contribution < 1.29 is 13.2 Å². The molecule has 0 bridgehead atoms. The Hall–Kier alpha value is -4.16. The molecule has 1 spiro atoms. The number of benzene rings is 1. The highest BCUT2D eigenvalue weighted by atomic mass is 35.5. The molecule has 9 nitrogen and oxygen atoms in total. The van der Waals surface area contributed by atoms with Gasteiger partial charge >= 0.3 is 5.69 Å². The molecule has 0 atom stereocenters. The minimum absolute atomic E-state index is 0.0377. The van der Waals surface area contributed by atoms with Crippen LogP contribution < -0.4 is 16.1 Å². The SMILES string of the molecule is N#CCn1c(N2CC3(C2)CC(F)(F)C3)c(-c2ccc(F)c(Cl)c2)c(=O)n(-c2cncc(C#N)n2)c1=O. The number of aromatic nitrogens is 4. The van der Waals surface area contributed by atoms with Gasteiger partial charge in [-0.2, -0.15) is 10.5 Å². The Morgan fingerprint density at radius 3 is 2.47 bits per heavy atom. The van der Waals surface area contributed by atoms with E-state index < -0.39 is 34.9 Å². The van der Waals surface area contributed by atoms with Crippen molar-refractivity contribution >= 4 is 17.4 Å². The molecule has 1 saturated heterocycles. The minimum atomic E-state index is -2.76. The predicted octanol–water partition coefficient (Wildman–Crippen LogP) is 2.88. The summed E-state index contributed by atoms with van der Waals surface area (Å²) in [5.74, 6) is -3.72. The van der Waals surface area contributed by atoms with Gasteiger partial charge in [0.2, 0.25) is 5.92 Å². The Balaban J connectivity index is 1.77. The van der Waals surface area contributed by atoms with Crippen LogP contribution in [0.3, 0.4) is 0 Å². The highest BCUT2D eigenvalue weighted by molar-refractivity contribution is 6.31. The van der Waals surface area contributed by atoms with Gasteiger partial charge in [-0.15, -0.1) is 0 Å². The van der Waals surface area contributed by atoms with Gasteiger partial charge < -0.3 is 4.90 Å². The zero-order valence-corrected chi connectivity index (χ0v) is 19.1. The summed E-state index contributed by atoms with van der Waals surface area (Å²) < 4.78 is 42.8. The van der Waals surface area contributed by atoms with Gasteiger partial charge in [-0.3, -0.25) is 14.3 Å². The van der Waals surface area contributed by atoms with Crippen LogP contribution in [0.25, 0.3) is 16.9 Å². The number of alkyl halides is 2. The molecule has 3 heterocycles. The molecule has 5 rings (SSSR count). The fraction of sp³-hybridized carbons (Fsp3) is 0.304. The van der Waals surface area contributed by atoms with Crippen molar-refractivity contribution in [2.75, 3.05) is 18.0 Å².